The molecule has 0 fully saturated rings. The van der Waals surface area contributed by atoms with Crippen molar-refractivity contribution in [1.82, 2.24) is 4.57 Å². The molecule has 0 atom stereocenters. The highest BCUT2D eigenvalue weighted by molar-refractivity contribution is 5.97. The molecule has 102 valence electrons. The minimum absolute atomic E-state index is 0.217. The first-order valence-corrected chi connectivity index (χ1v) is 5.93. The maximum absolute atomic E-state index is 12.1. The normalized spacial score (nSPS) is 10.2. The van der Waals surface area contributed by atoms with E-state index < -0.39 is 10.5 Å². The van der Waals surface area contributed by atoms with Crippen molar-refractivity contribution < 1.29 is 9.72 Å². The fourth-order valence-electron chi connectivity index (χ4n) is 1.88. The molecule has 0 saturated heterocycles. The van der Waals surface area contributed by atoms with E-state index in [0.717, 1.165) is 28.5 Å². The highest BCUT2D eigenvalue weighted by atomic mass is 16.6. The van der Waals surface area contributed by atoms with Gasteiger partial charge < -0.3 is 4.57 Å². The summed E-state index contributed by atoms with van der Waals surface area (Å²) in [4.78, 5) is 33.8. The summed E-state index contributed by atoms with van der Waals surface area (Å²) in [5.41, 5.74) is 0.640. The third kappa shape index (κ3) is 2.80. The van der Waals surface area contributed by atoms with Crippen LogP contribution in [-0.4, -0.2) is 15.3 Å². The lowest BCUT2D eigenvalue weighted by Gasteiger charge is -2.06. The molecule has 0 aliphatic rings. The molecule has 2 aromatic rings. The van der Waals surface area contributed by atoms with Gasteiger partial charge in [0.1, 0.15) is 0 Å². The van der Waals surface area contributed by atoms with Crippen LogP contribution in [0.1, 0.15) is 15.9 Å². The Morgan fingerprint density at radius 3 is 2.60 bits per heavy atom. The highest BCUT2D eigenvalue weighted by Gasteiger charge is 2.13. The number of ketones is 1. The zero-order valence-corrected chi connectivity index (χ0v) is 10.8. The van der Waals surface area contributed by atoms with Gasteiger partial charge in [0.15, 0.2) is 5.78 Å². The van der Waals surface area contributed by atoms with Gasteiger partial charge >= 0.3 is 0 Å². The van der Waals surface area contributed by atoms with Gasteiger partial charge in [-0.15, -0.1) is 0 Å². The lowest BCUT2D eigenvalue weighted by Crippen LogP contribution is -2.23. The molecule has 1 aromatic heterocycles. The summed E-state index contributed by atoms with van der Waals surface area (Å²) in [6.07, 6.45) is 1.08. The van der Waals surface area contributed by atoms with Gasteiger partial charge in [-0.3, -0.25) is 19.7 Å². The summed E-state index contributed by atoms with van der Waals surface area (Å²) in [6, 6.07) is 9.21. The second-order valence-electron chi connectivity index (χ2n) is 4.35. The van der Waals surface area contributed by atoms with Gasteiger partial charge in [-0.1, -0.05) is 24.3 Å². The van der Waals surface area contributed by atoms with Gasteiger partial charge in [-0.05, 0) is 12.5 Å². The second-order valence-corrected chi connectivity index (χ2v) is 4.35. The monoisotopic (exact) mass is 272 g/mol. The van der Waals surface area contributed by atoms with Gasteiger partial charge in [0, 0.05) is 17.7 Å². The van der Waals surface area contributed by atoms with E-state index in [-0.39, 0.29) is 18.0 Å². The smallest absolute Gasteiger partial charge is 0.285 e. The zero-order valence-electron chi connectivity index (χ0n) is 10.8. The molecule has 0 amide bonds. The predicted octanol–water partition coefficient (Wildman–Crippen LogP) is 1.95. The molecule has 6 nitrogen and oxygen atoms in total. The van der Waals surface area contributed by atoms with E-state index in [4.69, 9.17) is 0 Å². The molecule has 0 N–H and O–H groups in total. The van der Waals surface area contributed by atoms with E-state index in [0.29, 0.717) is 5.56 Å². The van der Waals surface area contributed by atoms with Crippen LogP contribution in [0.3, 0.4) is 0 Å². The predicted molar refractivity (Wildman–Crippen MR) is 72.9 cm³/mol. The number of nitro groups is 1. The number of aromatic nitrogens is 1. The number of carbonyl (C=O) groups is 1. The molecule has 0 bridgehead atoms. The summed E-state index contributed by atoms with van der Waals surface area (Å²) < 4.78 is 1.05. The molecular weight excluding hydrogens is 260 g/mol. The van der Waals surface area contributed by atoms with Crippen molar-refractivity contribution in [3.8, 4) is 0 Å². The molecule has 6 heteroatoms. The van der Waals surface area contributed by atoms with Crippen molar-refractivity contribution in [1.29, 1.82) is 0 Å². The third-order valence-corrected chi connectivity index (χ3v) is 2.94. The van der Waals surface area contributed by atoms with Gasteiger partial charge in [-0.2, -0.15) is 0 Å². The lowest BCUT2D eigenvalue weighted by atomic mass is 10.1. The summed E-state index contributed by atoms with van der Waals surface area (Å²) in [5.74, 6) is -0.259. The number of hydrogen-bond donors (Lipinski definition) is 0. The van der Waals surface area contributed by atoms with Crippen LogP contribution in [0.5, 0.6) is 0 Å². The molecule has 0 aliphatic carbocycles. The van der Waals surface area contributed by atoms with Crippen LogP contribution in [0, 0.1) is 17.0 Å². The Hall–Kier alpha value is -2.76. The molecule has 0 spiro atoms. The van der Waals surface area contributed by atoms with Gasteiger partial charge in [0.2, 0.25) is 0 Å². The van der Waals surface area contributed by atoms with E-state index >= 15 is 0 Å². The number of aryl methyl sites for hydroxylation is 1. The summed E-state index contributed by atoms with van der Waals surface area (Å²) >= 11 is 0. The summed E-state index contributed by atoms with van der Waals surface area (Å²) in [5, 5.41) is 10.7. The molecule has 0 aliphatic heterocycles. The number of benzene rings is 1. The SMILES string of the molecule is Cc1ccccc1C(=O)Cn1cc([N+](=O)[O-])ccc1=O. The zero-order chi connectivity index (χ0) is 14.7. The Morgan fingerprint density at radius 2 is 1.95 bits per heavy atom. The minimum Gasteiger partial charge on any atom is -0.301 e. The average Bonchev–Trinajstić information content (AvgIpc) is 2.41. The molecule has 20 heavy (non-hydrogen) atoms. The second kappa shape index (κ2) is 5.48. The molecular formula is C14H12N2O4. The van der Waals surface area contributed by atoms with Gasteiger partial charge in [0.25, 0.3) is 11.2 Å². The van der Waals surface area contributed by atoms with Gasteiger partial charge in [0.05, 0.1) is 17.7 Å². The Balaban J connectivity index is 2.33. The molecule has 1 aromatic carbocycles. The molecule has 0 saturated carbocycles. The summed E-state index contributed by atoms with van der Waals surface area (Å²) in [7, 11) is 0. The number of pyridine rings is 1. The highest BCUT2D eigenvalue weighted by Crippen LogP contribution is 2.10. The van der Waals surface area contributed by atoms with Crippen molar-refractivity contribution in [2.24, 2.45) is 0 Å². The first-order chi connectivity index (χ1) is 9.49. The quantitative estimate of drug-likeness (QED) is 0.484. The van der Waals surface area contributed by atoms with Crippen LogP contribution >= 0.6 is 0 Å². The fourth-order valence-corrected chi connectivity index (χ4v) is 1.88. The van der Waals surface area contributed by atoms with E-state index in [1.165, 1.54) is 0 Å². The van der Waals surface area contributed by atoms with Crippen molar-refractivity contribution in [3.05, 3.63) is 74.2 Å². The number of rotatable bonds is 4. The Kier molecular flexibility index (Phi) is 3.74. The number of carbonyl (C=O) groups excluding carboxylic acids is 1. The van der Waals surface area contributed by atoms with Crippen LogP contribution in [-0.2, 0) is 6.54 Å². The van der Waals surface area contributed by atoms with E-state index in [9.17, 15) is 19.7 Å². The van der Waals surface area contributed by atoms with Crippen molar-refractivity contribution in [3.63, 3.8) is 0 Å². The van der Waals surface area contributed by atoms with E-state index in [1.54, 1.807) is 25.1 Å². The van der Waals surface area contributed by atoms with E-state index in [1.807, 2.05) is 6.07 Å². The number of Topliss-reactive ketones (excluding diaryl/α,β-unsaturated/α-hetero) is 1. The Bertz CT molecular complexity index is 734. The molecule has 0 radical (unpaired) electrons. The third-order valence-electron chi connectivity index (χ3n) is 2.94. The molecule has 0 unspecified atom stereocenters. The van der Waals surface area contributed by atoms with E-state index in [2.05, 4.69) is 0 Å². The topological polar surface area (TPSA) is 82.2 Å². The first-order valence-electron chi connectivity index (χ1n) is 5.93. The molecule has 1 heterocycles. The standard InChI is InChI=1S/C14H12N2O4/c1-10-4-2-3-5-12(10)13(17)9-15-8-11(16(19)20)6-7-14(15)18/h2-8H,9H2,1H3. The maximum atomic E-state index is 12.1. The first kappa shape index (κ1) is 13.7. The van der Waals surface area contributed by atoms with Crippen molar-refractivity contribution >= 4 is 11.5 Å². The Labute approximate surface area is 114 Å². The fraction of sp³-hybridized carbons (Fsp3) is 0.143. The van der Waals surface area contributed by atoms with Gasteiger partial charge in [-0.25, -0.2) is 0 Å². The number of hydrogen-bond acceptors (Lipinski definition) is 4. The minimum atomic E-state index is -0.603. The molecule has 2 rings (SSSR count). The van der Waals surface area contributed by atoms with Crippen LogP contribution < -0.4 is 5.56 Å². The average molecular weight is 272 g/mol. The van der Waals surface area contributed by atoms with Crippen molar-refractivity contribution in [2.75, 3.05) is 0 Å². The van der Waals surface area contributed by atoms with Crippen LogP contribution in [0.15, 0.2) is 47.4 Å². The summed E-state index contributed by atoms with van der Waals surface area (Å²) in [6.45, 7) is 1.58. The largest absolute Gasteiger partial charge is 0.301 e. The maximum Gasteiger partial charge on any atom is 0.285 e. The Morgan fingerprint density at radius 1 is 1.25 bits per heavy atom. The van der Waals surface area contributed by atoms with Crippen LogP contribution in [0.25, 0.3) is 0 Å². The van der Waals surface area contributed by atoms with Crippen LogP contribution in [0.2, 0.25) is 0 Å². The van der Waals surface area contributed by atoms with Crippen LogP contribution in [0.4, 0.5) is 5.69 Å². The number of nitrogens with zero attached hydrogens (tertiary/aromatic N) is 2. The lowest BCUT2D eigenvalue weighted by molar-refractivity contribution is -0.385. The van der Waals surface area contributed by atoms with Crippen molar-refractivity contribution in [2.45, 2.75) is 13.5 Å².